The molecule has 0 saturated heterocycles. The number of benzene rings is 3. The summed E-state index contributed by atoms with van der Waals surface area (Å²) in [7, 11) is 0. The second-order valence-electron chi connectivity index (χ2n) is 9.04. The second-order valence-corrected chi connectivity index (χ2v) is 9.04. The molecular weight excluding hydrogens is 444 g/mol. The van der Waals surface area contributed by atoms with E-state index in [-0.39, 0.29) is 12.5 Å². The molecule has 0 unspecified atom stereocenters. The van der Waals surface area contributed by atoms with Crippen LogP contribution in [-0.2, 0) is 16.0 Å². The number of nitrogens with one attached hydrogen (secondary N) is 2. The minimum absolute atomic E-state index is 0.0164. The zero-order chi connectivity index (χ0) is 24.4. The van der Waals surface area contributed by atoms with Gasteiger partial charge in [0.05, 0.1) is 0 Å². The van der Waals surface area contributed by atoms with Crippen molar-refractivity contribution in [3.05, 3.63) is 95.1 Å². The molecule has 3 aromatic carbocycles. The van der Waals surface area contributed by atoms with E-state index in [0.717, 1.165) is 5.56 Å². The van der Waals surface area contributed by atoms with Crippen molar-refractivity contribution in [2.45, 2.75) is 30.7 Å². The first-order chi connectivity index (χ1) is 17.0. The molecule has 1 fully saturated rings. The van der Waals surface area contributed by atoms with Gasteiger partial charge >= 0.3 is 12.1 Å². The van der Waals surface area contributed by atoms with E-state index in [2.05, 4.69) is 34.9 Å². The Kier molecular flexibility index (Phi) is 5.99. The monoisotopic (exact) mass is 470 g/mol. The van der Waals surface area contributed by atoms with Crippen molar-refractivity contribution in [1.29, 1.82) is 0 Å². The molecule has 2 amide bonds. The van der Waals surface area contributed by atoms with E-state index in [1.54, 1.807) is 24.3 Å². The lowest BCUT2D eigenvalue weighted by molar-refractivity contribution is -0.140. The van der Waals surface area contributed by atoms with Crippen molar-refractivity contribution in [3.63, 3.8) is 0 Å². The van der Waals surface area contributed by atoms with Crippen molar-refractivity contribution >= 4 is 18.0 Å². The first kappa shape index (κ1) is 22.7. The summed E-state index contributed by atoms with van der Waals surface area (Å²) in [6.45, 7) is 0.659. The van der Waals surface area contributed by atoms with Crippen LogP contribution in [0.5, 0.6) is 0 Å². The standard InChI is InChI=1S/C28H26N2O5/c31-25(30-28(14-15-28)26(32)33)19-11-9-18(10-12-19)13-16-29-27(34)35-17-24-22-7-3-1-5-20(22)21-6-2-4-8-23(21)24/h1-12,24H,13-17H2,(H,29,34)(H,30,31)(H,32,33). The topological polar surface area (TPSA) is 105 Å². The number of carboxylic acid groups (broad SMARTS) is 1. The van der Waals surface area contributed by atoms with Gasteiger partial charge in [-0.05, 0) is 59.2 Å². The number of carbonyl (C=O) groups excluding carboxylic acids is 2. The molecule has 0 bridgehead atoms. The maximum Gasteiger partial charge on any atom is 0.407 e. The number of alkyl carbamates (subject to hydrolysis) is 1. The van der Waals surface area contributed by atoms with E-state index < -0.39 is 23.5 Å². The molecule has 35 heavy (non-hydrogen) atoms. The van der Waals surface area contributed by atoms with Gasteiger partial charge in [-0.3, -0.25) is 4.79 Å². The average molecular weight is 471 g/mol. The van der Waals surface area contributed by atoms with Crippen molar-refractivity contribution in [2.24, 2.45) is 0 Å². The summed E-state index contributed by atoms with van der Waals surface area (Å²) in [4.78, 5) is 35.9. The Morgan fingerprint density at radius 3 is 2.06 bits per heavy atom. The minimum Gasteiger partial charge on any atom is -0.480 e. The Labute approximate surface area is 203 Å². The number of rotatable bonds is 8. The summed E-state index contributed by atoms with van der Waals surface area (Å²) < 4.78 is 5.55. The largest absolute Gasteiger partial charge is 0.480 e. The van der Waals surface area contributed by atoms with Gasteiger partial charge in [-0.2, -0.15) is 0 Å². The molecule has 0 aromatic heterocycles. The highest BCUT2D eigenvalue weighted by Crippen LogP contribution is 2.44. The first-order valence-corrected chi connectivity index (χ1v) is 11.7. The summed E-state index contributed by atoms with van der Waals surface area (Å²) in [5.41, 5.74) is 4.95. The second kappa shape index (κ2) is 9.25. The molecule has 3 aromatic rings. The summed E-state index contributed by atoms with van der Waals surface area (Å²) in [6, 6.07) is 23.3. The molecular formula is C28H26N2O5. The van der Waals surface area contributed by atoms with E-state index in [0.29, 0.717) is 31.4 Å². The molecule has 7 heteroatoms. The van der Waals surface area contributed by atoms with Crippen LogP contribution >= 0.6 is 0 Å². The third-order valence-corrected chi connectivity index (χ3v) is 6.76. The van der Waals surface area contributed by atoms with Gasteiger partial charge in [0, 0.05) is 18.0 Å². The van der Waals surface area contributed by atoms with Crippen LogP contribution in [0.1, 0.15) is 45.8 Å². The van der Waals surface area contributed by atoms with Gasteiger partial charge in [-0.1, -0.05) is 60.7 Å². The Morgan fingerprint density at radius 1 is 0.886 bits per heavy atom. The number of aliphatic carboxylic acids is 1. The first-order valence-electron chi connectivity index (χ1n) is 11.7. The Morgan fingerprint density at radius 2 is 1.49 bits per heavy atom. The fourth-order valence-electron chi connectivity index (χ4n) is 4.59. The molecule has 7 nitrogen and oxygen atoms in total. The number of ether oxygens (including phenoxy) is 1. The SMILES string of the molecule is O=C(NCCc1ccc(C(=O)NC2(C(=O)O)CC2)cc1)OCC1c2ccccc2-c2ccccc21. The quantitative estimate of drug-likeness (QED) is 0.460. The van der Waals surface area contributed by atoms with Crippen LogP contribution in [0.25, 0.3) is 11.1 Å². The van der Waals surface area contributed by atoms with Crippen LogP contribution < -0.4 is 10.6 Å². The van der Waals surface area contributed by atoms with Gasteiger partial charge in [0.2, 0.25) is 0 Å². The molecule has 178 valence electrons. The number of fused-ring (bicyclic) bond motifs is 3. The van der Waals surface area contributed by atoms with E-state index in [4.69, 9.17) is 4.74 Å². The highest BCUT2D eigenvalue weighted by atomic mass is 16.5. The lowest BCUT2D eigenvalue weighted by Gasteiger charge is -2.14. The van der Waals surface area contributed by atoms with Crippen LogP contribution in [0.3, 0.4) is 0 Å². The molecule has 2 aliphatic rings. The van der Waals surface area contributed by atoms with Gasteiger partial charge in [-0.25, -0.2) is 9.59 Å². The van der Waals surface area contributed by atoms with Gasteiger partial charge in [-0.15, -0.1) is 0 Å². The fraction of sp³-hybridized carbons (Fsp3) is 0.250. The smallest absolute Gasteiger partial charge is 0.407 e. The maximum absolute atomic E-state index is 12.3. The minimum atomic E-state index is -1.11. The lowest BCUT2D eigenvalue weighted by Crippen LogP contribution is -2.43. The average Bonchev–Trinajstić information content (AvgIpc) is 3.59. The predicted octanol–water partition coefficient (Wildman–Crippen LogP) is 4.11. The zero-order valence-corrected chi connectivity index (χ0v) is 19.1. The summed E-state index contributed by atoms with van der Waals surface area (Å²) in [5, 5.41) is 14.6. The van der Waals surface area contributed by atoms with Crippen molar-refractivity contribution < 1.29 is 24.2 Å². The van der Waals surface area contributed by atoms with Gasteiger partial charge in [0.15, 0.2) is 0 Å². The highest BCUT2D eigenvalue weighted by molar-refractivity contribution is 5.98. The third kappa shape index (κ3) is 4.62. The Bertz CT molecular complexity index is 1240. The molecule has 2 aliphatic carbocycles. The van der Waals surface area contributed by atoms with Crippen LogP contribution in [-0.4, -0.2) is 41.8 Å². The molecule has 3 N–H and O–H groups in total. The van der Waals surface area contributed by atoms with Gasteiger partial charge in [0.1, 0.15) is 12.1 Å². The van der Waals surface area contributed by atoms with Crippen LogP contribution in [0.2, 0.25) is 0 Å². The third-order valence-electron chi connectivity index (χ3n) is 6.76. The van der Waals surface area contributed by atoms with Crippen LogP contribution in [0.15, 0.2) is 72.8 Å². The zero-order valence-electron chi connectivity index (χ0n) is 19.1. The Balaban J connectivity index is 1.10. The molecule has 1 saturated carbocycles. The van der Waals surface area contributed by atoms with Crippen LogP contribution in [0.4, 0.5) is 4.79 Å². The van der Waals surface area contributed by atoms with Crippen LogP contribution in [0, 0.1) is 0 Å². The van der Waals surface area contributed by atoms with Crippen molar-refractivity contribution in [3.8, 4) is 11.1 Å². The van der Waals surface area contributed by atoms with Crippen molar-refractivity contribution in [1.82, 2.24) is 10.6 Å². The predicted molar refractivity (Wildman–Crippen MR) is 130 cm³/mol. The molecule has 0 heterocycles. The molecule has 5 rings (SSSR count). The normalized spacial score (nSPS) is 15.0. The van der Waals surface area contributed by atoms with Gasteiger partial charge in [0.25, 0.3) is 5.91 Å². The van der Waals surface area contributed by atoms with E-state index in [1.807, 2.05) is 24.3 Å². The summed E-state index contributed by atoms with van der Waals surface area (Å²) in [6.07, 6.45) is 1.01. The number of carboxylic acids is 1. The lowest BCUT2D eigenvalue weighted by atomic mass is 9.98. The number of amides is 2. The van der Waals surface area contributed by atoms with E-state index in [9.17, 15) is 19.5 Å². The Hall–Kier alpha value is -4.13. The fourth-order valence-corrected chi connectivity index (χ4v) is 4.59. The summed E-state index contributed by atoms with van der Waals surface area (Å²) in [5.74, 6) is -1.38. The number of hydrogen-bond donors (Lipinski definition) is 3. The molecule has 0 atom stereocenters. The van der Waals surface area contributed by atoms with Crippen molar-refractivity contribution in [2.75, 3.05) is 13.2 Å². The van der Waals surface area contributed by atoms with E-state index in [1.165, 1.54) is 22.3 Å². The highest BCUT2D eigenvalue weighted by Gasteiger charge is 2.51. The molecule has 0 aliphatic heterocycles. The van der Waals surface area contributed by atoms with Gasteiger partial charge < -0.3 is 20.5 Å². The maximum atomic E-state index is 12.3. The number of carbonyl (C=O) groups is 3. The molecule has 0 radical (unpaired) electrons. The number of hydrogen-bond acceptors (Lipinski definition) is 4. The molecule has 0 spiro atoms. The summed E-state index contributed by atoms with van der Waals surface area (Å²) >= 11 is 0. The van der Waals surface area contributed by atoms with E-state index >= 15 is 0 Å².